The number of allylic oxidation sites excluding steroid dienone is 8. The number of nitrogens with one attached hydrogen (secondary N) is 1. The lowest BCUT2D eigenvalue weighted by Crippen LogP contribution is -2.40. The van der Waals surface area contributed by atoms with Crippen LogP contribution in [-0.4, -0.2) is 40.4 Å². The topological polar surface area (TPSA) is 52.6 Å². The molecule has 1 amide bonds. The molecule has 3 aliphatic carbocycles. The predicted molar refractivity (Wildman–Crippen MR) is 154 cm³/mol. The summed E-state index contributed by atoms with van der Waals surface area (Å²) in [4.78, 5) is 14.9. The van der Waals surface area contributed by atoms with Crippen molar-refractivity contribution in [1.29, 1.82) is 0 Å². The van der Waals surface area contributed by atoms with Crippen LogP contribution in [-0.2, 0) is 4.79 Å². The Bertz CT molecular complexity index is 1140. The highest BCUT2D eigenvalue weighted by Gasteiger charge is 2.33. The number of amides is 1. The van der Waals surface area contributed by atoms with E-state index in [0.29, 0.717) is 44.7 Å². The number of carbonyl (C=O) groups is 1. The summed E-state index contributed by atoms with van der Waals surface area (Å²) in [5.41, 5.74) is 7.49. The molecule has 4 aliphatic rings. The molecular weight excluding hydrogens is 499 g/mol. The van der Waals surface area contributed by atoms with E-state index in [9.17, 15) is 14.3 Å². The molecule has 4 nitrogen and oxygen atoms in total. The van der Waals surface area contributed by atoms with Gasteiger partial charge in [0.2, 0.25) is 5.91 Å². The fraction of sp³-hybridized carbons (Fsp3) is 0.531. The minimum atomic E-state index is -0.267. The van der Waals surface area contributed by atoms with E-state index in [4.69, 9.17) is 11.6 Å². The number of hydrogen-bond acceptors (Lipinski definition) is 3. The molecule has 0 radical (unpaired) electrons. The normalized spacial score (nSPS) is 24.7. The summed E-state index contributed by atoms with van der Waals surface area (Å²) >= 11 is 6.93. The van der Waals surface area contributed by atoms with Gasteiger partial charge in [0, 0.05) is 25.2 Å². The van der Waals surface area contributed by atoms with Gasteiger partial charge >= 0.3 is 0 Å². The van der Waals surface area contributed by atoms with Gasteiger partial charge in [0.1, 0.15) is 11.6 Å². The molecule has 1 heterocycles. The lowest BCUT2D eigenvalue weighted by Gasteiger charge is -2.37. The molecule has 0 saturated carbocycles. The van der Waals surface area contributed by atoms with E-state index >= 15 is 0 Å². The third kappa shape index (κ3) is 6.72. The SMILES string of the molecule is C=C(N[C@@H](CC1CCC=C(C)C1)C(=C)O)C1=C(C)C2=C(C[C@@H]1Cl)CN(C(=O)CCC1=C(F)C=CCC1)CC2. The average Bonchev–Trinajstić information content (AvgIpc) is 2.87. The Morgan fingerprint density at radius 1 is 1.26 bits per heavy atom. The second-order valence-corrected chi connectivity index (χ2v) is 11.9. The van der Waals surface area contributed by atoms with E-state index in [0.717, 1.165) is 60.9 Å². The van der Waals surface area contributed by atoms with Crippen LogP contribution in [0.5, 0.6) is 0 Å². The second-order valence-electron chi connectivity index (χ2n) is 11.4. The van der Waals surface area contributed by atoms with Gasteiger partial charge in [0.05, 0.1) is 11.4 Å². The lowest BCUT2D eigenvalue weighted by molar-refractivity contribution is -0.131. The van der Waals surface area contributed by atoms with Crippen molar-refractivity contribution in [3.8, 4) is 0 Å². The molecule has 0 aromatic rings. The van der Waals surface area contributed by atoms with Crippen LogP contribution in [0.2, 0.25) is 0 Å². The van der Waals surface area contributed by atoms with E-state index < -0.39 is 0 Å². The Balaban J connectivity index is 1.41. The molecule has 0 aromatic heterocycles. The van der Waals surface area contributed by atoms with Crippen molar-refractivity contribution in [1.82, 2.24) is 10.2 Å². The Morgan fingerprint density at radius 3 is 2.76 bits per heavy atom. The van der Waals surface area contributed by atoms with Crippen LogP contribution in [0.1, 0.15) is 78.1 Å². The highest BCUT2D eigenvalue weighted by atomic mass is 35.5. The predicted octanol–water partition coefficient (Wildman–Crippen LogP) is 7.88. The van der Waals surface area contributed by atoms with Gasteiger partial charge in [0.15, 0.2) is 0 Å². The molecule has 38 heavy (non-hydrogen) atoms. The van der Waals surface area contributed by atoms with Crippen molar-refractivity contribution in [2.45, 2.75) is 89.5 Å². The largest absolute Gasteiger partial charge is 0.511 e. The molecule has 2 N–H and O–H groups in total. The van der Waals surface area contributed by atoms with Gasteiger partial charge in [-0.2, -0.15) is 0 Å². The highest BCUT2D eigenvalue weighted by molar-refractivity contribution is 6.23. The quantitative estimate of drug-likeness (QED) is 0.178. The van der Waals surface area contributed by atoms with Crippen LogP contribution in [0.25, 0.3) is 0 Å². The first kappa shape index (κ1) is 28.5. The van der Waals surface area contributed by atoms with Gasteiger partial charge in [0.25, 0.3) is 0 Å². The molecule has 6 heteroatoms. The zero-order valence-electron chi connectivity index (χ0n) is 22.9. The number of nitrogens with zero attached hydrogens (tertiary/aromatic N) is 1. The maximum atomic E-state index is 14.0. The lowest BCUT2D eigenvalue weighted by atomic mass is 9.81. The maximum Gasteiger partial charge on any atom is 0.223 e. The summed E-state index contributed by atoms with van der Waals surface area (Å²) in [6.07, 6.45) is 13.5. The summed E-state index contributed by atoms with van der Waals surface area (Å²) in [5, 5.41) is 13.6. The van der Waals surface area contributed by atoms with Gasteiger partial charge in [-0.15, -0.1) is 11.6 Å². The standard InChI is InChI=1S/C32H42ClFN2O2/c1-20-8-7-9-24(16-20)17-30(23(4)37)35-22(3)32-21(2)27-14-15-36(19-26(27)18-28(32)33)31(38)13-12-25-10-5-6-11-29(25)34/h6,8,11,24,28,30,35,37H,3-5,7,9-10,12-19H2,1-2H3/t24?,28-,30-/m0/s1. The first-order valence-electron chi connectivity index (χ1n) is 14.0. The number of aliphatic hydroxyl groups excluding tert-OH is 1. The molecule has 0 fully saturated rings. The minimum Gasteiger partial charge on any atom is -0.511 e. The van der Waals surface area contributed by atoms with Crippen LogP contribution in [0.3, 0.4) is 0 Å². The number of alkyl halides is 1. The van der Waals surface area contributed by atoms with Crippen LogP contribution >= 0.6 is 11.6 Å². The number of hydrogen-bond donors (Lipinski definition) is 2. The molecular formula is C32H42ClFN2O2. The molecule has 1 aliphatic heterocycles. The van der Waals surface area contributed by atoms with E-state index in [1.807, 2.05) is 11.0 Å². The Kier molecular flexibility index (Phi) is 9.40. The summed E-state index contributed by atoms with van der Waals surface area (Å²) in [5.74, 6) is 0.532. The van der Waals surface area contributed by atoms with E-state index in [2.05, 4.69) is 38.4 Å². The van der Waals surface area contributed by atoms with E-state index in [-0.39, 0.29) is 28.9 Å². The van der Waals surface area contributed by atoms with Crippen LogP contribution in [0.4, 0.5) is 4.39 Å². The fourth-order valence-corrected chi connectivity index (χ4v) is 6.94. The average molecular weight is 541 g/mol. The van der Waals surface area contributed by atoms with Gasteiger partial charge in [-0.1, -0.05) is 30.9 Å². The van der Waals surface area contributed by atoms with E-state index in [1.54, 1.807) is 0 Å². The van der Waals surface area contributed by atoms with Crippen molar-refractivity contribution >= 4 is 17.5 Å². The summed E-state index contributed by atoms with van der Waals surface area (Å²) in [6.45, 7) is 13.6. The van der Waals surface area contributed by atoms with Crippen LogP contribution in [0, 0.1) is 5.92 Å². The van der Waals surface area contributed by atoms with E-state index in [1.165, 1.54) is 22.8 Å². The van der Waals surface area contributed by atoms with Crippen molar-refractivity contribution in [2.75, 3.05) is 13.1 Å². The summed E-state index contributed by atoms with van der Waals surface area (Å²) < 4.78 is 14.0. The molecule has 1 unspecified atom stereocenters. The Labute approximate surface area is 232 Å². The van der Waals surface area contributed by atoms with Gasteiger partial charge < -0.3 is 15.3 Å². The van der Waals surface area contributed by atoms with Crippen molar-refractivity contribution < 1.29 is 14.3 Å². The number of carbonyl (C=O) groups excluding carboxylic acids is 1. The highest BCUT2D eigenvalue weighted by Crippen LogP contribution is 2.40. The number of halogens is 2. The minimum absolute atomic E-state index is 0.0770. The smallest absolute Gasteiger partial charge is 0.223 e. The summed E-state index contributed by atoms with van der Waals surface area (Å²) in [6, 6.07) is -0.267. The maximum absolute atomic E-state index is 14.0. The molecule has 0 saturated heterocycles. The fourth-order valence-electron chi connectivity index (χ4n) is 6.46. The van der Waals surface area contributed by atoms with Gasteiger partial charge in [-0.05, 0) is 111 Å². The number of rotatable bonds is 9. The van der Waals surface area contributed by atoms with Crippen molar-refractivity contribution in [3.63, 3.8) is 0 Å². The molecule has 0 spiro atoms. The first-order valence-corrected chi connectivity index (χ1v) is 14.4. The van der Waals surface area contributed by atoms with Gasteiger partial charge in [-0.3, -0.25) is 4.79 Å². The third-order valence-electron chi connectivity index (χ3n) is 8.57. The monoisotopic (exact) mass is 540 g/mol. The van der Waals surface area contributed by atoms with Gasteiger partial charge in [-0.25, -0.2) is 4.39 Å². The van der Waals surface area contributed by atoms with Crippen LogP contribution in [0.15, 0.2) is 82.1 Å². The zero-order chi connectivity index (χ0) is 27.4. The zero-order valence-corrected chi connectivity index (χ0v) is 23.7. The Morgan fingerprint density at radius 2 is 2.05 bits per heavy atom. The van der Waals surface area contributed by atoms with Crippen LogP contribution < -0.4 is 5.32 Å². The number of aliphatic hydroxyl groups is 1. The molecule has 0 aromatic carbocycles. The molecule has 4 rings (SSSR count). The Hall–Kier alpha value is -2.53. The van der Waals surface area contributed by atoms with Crippen molar-refractivity contribution in [3.05, 3.63) is 82.1 Å². The first-order chi connectivity index (χ1) is 18.1. The van der Waals surface area contributed by atoms with Crippen molar-refractivity contribution in [2.24, 2.45) is 5.92 Å². The molecule has 206 valence electrons. The molecule has 3 atom stereocenters. The molecule has 0 bridgehead atoms. The second kappa shape index (κ2) is 12.5. The summed E-state index contributed by atoms with van der Waals surface area (Å²) in [7, 11) is 0. The third-order valence-corrected chi connectivity index (χ3v) is 8.94.